The number of halogens is 1. The van der Waals surface area contributed by atoms with E-state index < -0.39 is 21.9 Å². The third-order valence-corrected chi connectivity index (χ3v) is 6.35. The monoisotopic (exact) mass is 450 g/mol. The fraction of sp³-hybridized carbons (Fsp3) is 0.158. The van der Waals surface area contributed by atoms with Crippen LogP contribution in [0.15, 0.2) is 53.6 Å². The van der Waals surface area contributed by atoms with Gasteiger partial charge in [-0.15, -0.1) is 0 Å². The number of ether oxygens (including phenoxy) is 1. The van der Waals surface area contributed by atoms with E-state index in [1.54, 1.807) is 25.1 Å². The van der Waals surface area contributed by atoms with Crippen molar-refractivity contribution in [2.75, 3.05) is 24.3 Å². The third kappa shape index (κ3) is 4.93. The Morgan fingerprint density at radius 3 is 2.73 bits per heavy atom. The van der Waals surface area contributed by atoms with Gasteiger partial charge in [0.2, 0.25) is 15.1 Å². The molecule has 1 aromatic heterocycles. The zero-order valence-electron chi connectivity index (χ0n) is 16.3. The summed E-state index contributed by atoms with van der Waals surface area (Å²) in [5, 5.41) is 3.27. The average molecular weight is 451 g/mol. The molecule has 2 N–H and O–H groups in total. The number of aromatic nitrogens is 1. The summed E-state index contributed by atoms with van der Waals surface area (Å²) in [6.45, 7) is 1.79. The molecule has 0 radical (unpaired) electrons. The summed E-state index contributed by atoms with van der Waals surface area (Å²) in [5.41, 5.74) is 1.14. The van der Waals surface area contributed by atoms with Crippen molar-refractivity contribution in [2.24, 2.45) is 0 Å². The molecule has 0 atom stereocenters. The number of carbonyl (C=O) groups excluding carboxylic acids is 1. The van der Waals surface area contributed by atoms with Crippen LogP contribution in [0.5, 0.6) is 10.8 Å². The smallest absolute Gasteiger partial charge is 0.327 e. The summed E-state index contributed by atoms with van der Waals surface area (Å²) in [4.78, 5) is 17.9. The SMILES string of the molecule is CNS(=O)(=O)c1cccc(N(C)C(=O)Nc2ncc(Oc3cc(F)ccc3C)s2)c1. The number of hydrogen-bond acceptors (Lipinski definition) is 6. The zero-order valence-corrected chi connectivity index (χ0v) is 18.0. The Hall–Kier alpha value is -3.02. The molecule has 0 spiro atoms. The Bertz CT molecular complexity index is 1180. The Morgan fingerprint density at radius 1 is 1.23 bits per heavy atom. The molecule has 1 heterocycles. The van der Waals surface area contributed by atoms with Crippen LogP contribution in [-0.2, 0) is 10.0 Å². The second-order valence-electron chi connectivity index (χ2n) is 6.19. The van der Waals surface area contributed by atoms with Gasteiger partial charge in [0.15, 0.2) is 5.13 Å². The fourth-order valence-electron chi connectivity index (χ4n) is 2.43. The quantitative estimate of drug-likeness (QED) is 0.592. The van der Waals surface area contributed by atoms with Gasteiger partial charge in [0.25, 0.3) is 0 Å². The van der Waals surface area contributed by atoms with E-state index >= 15 is 0 Å². The van der Waals surface area contributed by atoms with Crippen molar-refractivity contribution in [3.63, 3.8) is 0 Å². The summed E-state index contributed by atoms with van der Waals surface area (Å²) in [6, 6.07) is 9.66. The number of urea groups is 1. The van der Waals surface area contributed by atoms with E-state index in [1.807, 2.05) is 0 Å². The molecule has 0 bridgehead atoms. The summed E-state index contributed by atoms with van der Waals surface area (Å²) in [7, 11) is -0.821. The largest absolute Gasteiger partial charge is 0.445 e. The van der Waals surface area contributed by atoms with Gasteiger partial charge in [-0.25, -0.2) is 27.3 Å². The average Bonchev–Trinajstić information content (AvgIpc) is 3.17. The zero-order chi connectivity index (χ0) is 21.9. The number of benzene rings is 2. The predicted molar refractivity (Wildman–Crippen MR) is 113 cm³/mol. The van der Waals surface area contributed by atoms with Crippen LogP contribution >= 0.6 is 11.3 Å². The first-order chi connectivity index (χ1) is 14.2. The molecule has 2 aromatic carbocycles. The Labute approximate surface area is 177 Å². The first kappa shape index (κ1) is 21.7. The lowest BCUT2D eigenvalue weighted by Crippen LogP contribution is -2.31. The van der Waals surface area contributed by atoms with Crippen molar-refractivity contribution in [3.05, 3.63) is 60.0 Å². The predicted octanol–water partition coefficient (Wildman–Crippen LogP) is 3.96. The van der Waals surface area contributed by atoms with Crippen molar-refractivity contribution >= 4 is 38.2 Å². The van der Waals surface area contributed by atoms with Crippen LogP contribution in [0.1, 0.15) is 5.56 Å². The van der Waals surface area contributed by atoms with Crippen LogP contribution in [0.3, 0.4) is 0 Å². The molecular weight excluding hydrogens is 431 g/mol. The number of rotatable bonds is 6. The van der Waals surface area contributed by atoms with Gasteiger partial charge in [0.1, 0.15) is 11.6 Å². The molecule has 0 aliphatic heterocycles. The van der Waals surface area contributed by atoms with Gasteiger partial charge in [0, 0.05) is 18.8 Å². The molecule has 0 unspecified atom stereocenters. The minimum atomic E-state index is -3.63. The maximum absolute atomic E-state index is 13.4. The molecule has 8 nitrogen and oxygen atoms in total. The Kier molecular flexibility index (Phi) is 6.34. The van der Waals surface area contributed by atoms with E-state index in [-0.39, 0.29) is 10.0 Å². The second kappa shape index (κ2) is 8.78. The van der Waals surface area contributed by atoms with E-state index in [0.717, 1.165) is 16.9 Å². The van der Waals surface area contributed by atoms with E-state index in [0.29, 0.717) is 16.5 Å². The second-order valence-corrected chi connectivity index (χ2v) is 9.07. The topological polar surface area (TPSA) is 101 Å². The highest BCUT2D eigenvalue weighted by atomic mass is 32.2. The maximum Gasteiger partial charge on any atom is 0.327 e. The number of hydrogen-bond donors (Lipinski definition) is 2. The number of anilines is 2. The summed E-state index contributed by atoms with van der Waals surface area (Å²) in [6.07, 6.45) is 1.42. The standard InChI is InChI=1S/C19H19FN4O4S2/c1-12-7-8-13(20)9-16(12)28-17-11-22-18(29-17)23-19(25)24(3)14-5-4-6-15(10-14)30(26,27)21-2/h4-11,21H,1-3H3,(H,22,23,25). The molecule has 11 heteroatoms. The molecule has 3 rings (SSSR count). The molecule has 0 fully saturated rings. The van der Waals surface area contributed by atoms with E-state index in [4.69, 9.17) is 4.74 Å². The number of carbonyl (C=O) groups is 1. The highest BCUT2D eigenvalue weighted by molar-refractivity contribution is 7.89. The summed E-state index contributed by atoms with van der Waals surface area (Å²) >= 11 is 1.07. The van der Waals surface area contributed by atoms with Crippen molar-refractivity contribution in [3.8, 4) is 10.8 Å². The molecule has 2 amide bonds. The number of amides is 2. The molecule has 30 heavy (non-hydrogen) atoms. The molecule has 3 aromatic rings. The molecule has 0 aliphatic carbocycles. The number of nitrogens with zero attached hydrogens (tertiary/aromatic N) is 2. The van der Waals surface area contributed by atoms with Crippen LogP contribution in [-0.4, -0.2) is 33.5 Å². The number of thiazole rings is 1. The maximum atomic E-state index is 13.4. The highest BCUT2D eigenvalue weighted by Gasteiger charge is 2.17. The minimum absolute atomic E-state index is 0.0394. The first-order valence-electron chi connectivity index (χ1n) is 8.68. The van der Waals surface area contributed by atoms with E-state index in [1.165, 1.54) is 49.5 Å². The lowest BCUT2D eigenvalue weighted by molar-refractivity contribution is 0.258. The van der Waals surface area contributed by atoms with Gasteiger partial charge in [-0.05, 0) is 43.8 Å². The number of sulfonamides is 1. The molecular formula is C19H19FN4O4S2. The lowest BCUT2D eigenvalue weighted by Gasteiger charge is -2.18. The summed E-state index contributed by atoms with van der Waals surface area (Å²) in [5.74, 6) is -0.0611. The van der Waals surface area contributed by atoms with Gasteiger partial charge < -0.3 is 4.74 Å². The number of aryl methyl sites for hydroxylation is 1. The minimum Gasteiger partial charge on any atom is -0.445 e. The van der Waals surface area contributed by atoms with Crippen molar-refractivity contribution in [1.29, 1.82) is 0 Å². The van der Waals surface area contributed by atoms with Crippen LogP contribution in [0.4, 0.5) is 20.0 Å². The van der Waals surface area contributed by atoms with Gasteiger partial charge >= 0.3 is 6.03 Å². The number of nitrogens with one attached hydrogen (secondary N) is 2. The van der Waals surface area contributed by atoms with Gasteiger partial charge in [-0.3, -0.25) is 10.2 Å². The fourth-order valence-corrected chi connectivity index (χ4v) is 3.87. The van der Waals surface area contributed by atoms with Crippen LogP contribution in [0, 0.1) is 12.7 Å². The van der Waals surface area contributed by atoms with Gasteiger partial charge in [-0.1, -0.05) is 23.5 Å². The van der Waals surface area contributed by atoms with E-state index in [9.17, 15) is 17.6 Å². The van der Waals surface area contributed by atoms with E-state index in [2.05, 4.69) is 15.0 Å². The Morgan fingerprint density at radius 2 is 2.00 bits per heavy atom. The molecule has 0 saturated carbocycles. The third-order valence-electron chi connectivity index (χ3n) is 4.15. The first-order valence-corrected chi connectivity index (χ1v) is 11.0. The normalized spacial score (nSPS) is 11.2. The molecule has 158 valence electrons. The van der Waals surface area contributed by atoms with Crippen LogP contribution < -0.4 is 19.7 Å². The van der Waals surface area contributed by atoms with Crippen molar-refractivity contribution in [2.45, 2.75) is 11.8 Å². The van der Waals surface area contributed by atoms with Crippen LogP contribution in [0.25, 0.3) is 0 Å². The van der Waals surface area contributed by atoms with Gasteiger partial charge in [0.05, 0.1) is 11.1 Å². The Balaban J connectivity index is 1.71. The molecule has 0 aliphatic rings. The summed E-state index contributed by atoms with van der Waals surface area (Å²) < 4.78 is 45.2. The van der Waals surface area contributed by atoms with Crippen molar-refractivity contribution in [1.82, 2.24) is 9.71 Å². The molecule has 0 saturated heterocycles. The highest BCUT2D eigenvalue weighted by Crippen LogP contribution is 2.32. The van der Waals surface area contributed by atoms with Gasteiger partial charge in [-0.2, -0.15) is 0 Å². The van der Waals surface area contributed by atoms with Crippen LogP contribution in [0.2, 0.25) is 0 Å². The lowest BCUT2D eigenvalue weighted by atomic mass is 10.2. The van der Waals surface area contributed by atoms with Crippen molar-refractivity contribution < 1.29 is 22.3 Å².